The standard InChI is InChI=1S/C23H23N5S2/c1-29-18-10-6-15(7-11-18)14-17-4-3-5-20-21(17)24-23-25-26-27-28(23)22(20)16-8-12-19(30-2)13-9-16/h6-14,22H,3-5H2,1-2H3,(H,24,25,27)/b17-14+. The van der Waals surface area contributed by atoms with Gasteiger partial charge in [-0.1, -0.05) is 29.4 Å². The molecule has 5 nitrogen and oxygen atoms in total. The van der Waals surface area contributed by atoms with E-state index in [0.717, 1.165) is 19.3 Å². The van der Waals surface area contributed by atoms with Crippen molar-refractivity contribution in [3.05, 3.63) is 76.5 Å². The Morgan fingerprint density at radius 3 is 2.37 bits per heavy atom. The van der Waals surface area contributed by atoms with E-state index in [1.54, 1.807) is 23.5 Å². The average molecular weight is 434 g/mol. The molecule has 0 spiro atoms. The molecule has 1 atom stereocenters. The molecule has 1 N–H and O–H groups in total. The van der Waals surface area contributed by atoms with Gasteiger partial charge in [-0.2, -0.15) is 4.68 Å². The van der Waals surface area contributed by atoms with E-state index in [-0.39, 0.29) is 6.04 Å². The first kappa shape index (κ1) is 19.5. The Hall–Kier alpha value is -2.51. The molecule has 1 aromatic heterocycles. The fraction of sp³-hybridized carbons (Fsp3) is 0.261. The van der Waals surface area contributed by atoms with Crippen LogP contribution in [0.3, 0.4) is 0 Å². The van der Waals surface area contributed by atoms with Crippen LogP contribution < -0.4 is 5.32 Å². The molecule has 0 radical (unpaired) electrons. The lowest BCUT2D eigenvalue weighted by Gasteiger charge is -2.34. The monoisotopic (exact) mass is 433 g/mol. The Bertz CT molecular complexity index is 1110. The van der Waals surface area contributed by atoms with E-state index in [2.05, 4.69) is 88.0 Å². The van der Waals surface area contributed by atoms with Gasteiger partial charge in [0.2, 0.25) is 5.95 Å². The van der Waals surface area contributed by atoms with Gasteiger partial charge >= 0.3 is 0 Å². The van der Waals surface area contributed by atoms with Crippen LogP contribution in [0.5, 0.6) is 0 Å². The molecule has 152 valence electrons. The molecule has 2 heterocycles. The Morgan fingerprint density at radius 1 is 0.967 bits per heavy atom. The molecule has 0 fully saturated rings. The van der Waals surface area contributed by atoms with Crippen LogP contribution in [0.25, 0.3) is 6.08 Å². The second kappa shape index (κ2) is 8.32. The third kappa shape index (κ3) is 3.56. The summed E-state index contributed by atoms with van der Waals surface area (Å²) in [6.45, 7) is 0. The first-order valence-corrected chi connectivity index (χ1v) is 12.5. The van der Waals surface area contributed by atoms with Gasteiger partial charge in [-0.25, -0.2) is 0 Å². The van der Waals surface area contributed by atoms with Crippen LogP contribution in [-0.2, 0) is 0 Å². The lowest BCUT2D eigenvalue weighted by Crippen LogP contribution is -2.28. The summed E-state index contributed by atoms with van der Waals surface area (Å²) in [5.74, 6) is 0.707. The highest BCUT2D eigenvalue weighted by Crippen LogP contribution is 2.43. The average Bonchev–Trinajstić information content (AvgIpc) is 3.27. The van der Waals surface area contributed by atoms with Crippen molar-refractivity contribution in [1.29, 1.82) is 0 Å². The summed E-state index contributed by atoms with van der Waals surface area (Å²) in [6, 6.07) is 17.6. The highest BCUT2D eigenvalue weighted by atomic mass is 32.2. The summed E-state index contributed by atoms with van der Waals surface area (Å²) in [4.78, 5) is 2.54. The summed E-state index contributed by atoms with van der Waals surface area (Å²) in [5, 5.41) is 16.0. The van der Waals surface area contributed by atoms with Crippen molar-refractivity contribution in [3.63, 3.8) is 0 Å². The topological polar surface area (TPSA) is 55.6 Å². The summed E-state index contributed by atoms with van der Waals surface area (Å²) in [7, 11) is 0. The van der Waals surface area contributed by atoms with Crippen LogP contribution in [0.2, 0.25) is 0 Å². The minimum atomic E-state index is 0.0322. The Balaban J connectivity index is 1.58. The molecule has 1 aliphatic heterocycles. The van der Waals surface area contributed by atoms with Gasteiger partial charge in [0.05, 0.1) is 0 Å². The van der Waals surface area contributed by atoms with Crippen molar-refractivity contribution in [2.45, 2.75) is 35.1 Å². The third-order valence-corrected chi connectivity index (χ3v) is 7.21. The van der Waals surface area contributed by atoms with Crippen LogP contribution in [-0.4, -0.2) is 32.7 Å². The van der Waals surface area contributed by atoms with E-state index < -0.39 is 0 Å². The van der Waals surface area contributed by atoms with Gasteiger partial charge < -0.3 is 5.32 Å². The van der Waals surface area contributed by atoms with Crippen LogP contribution in [0.4, 0.5) is 5.95 Å². The number of thioether (sulfide) groups is 2. The number of tetrazole rings is 1. The second-order valence-corrected chi connectivity index (χ2v) is 9.20. The fourth-order valence-corrected chi connectivity index (χ4v) is 5.06. The van der Waals surface area contributed by atoms with E-state index in [4.69, 9.17) is 0 Å². The molecule has 7 heteroatoms. The van der Waals surface area contributed by atoms with Crippen LogP contribution in [0.15, 0.2) is 75.2 Å². The van der Waals surface area contributed by atoms with Crippen LogP contribution >= 0.6 is 23.5 Å². The van der Waals surface area contributed by atoms with E-state index in [1.165, 1.54) is 37.8 Å². The van der Waals surface area contributed by atoms with E-state index in [1.807, 2.05) is 4.68 Å². The molecule has 2 aliphatic rings. The zero-order chi connectivity index (χ0) is 20.5. The minimum Gasteiger partial charge on any atom is -0.323 e. The number of aromatic nitrogens is 4. The predicted octanol–water partition coefficient (Wildman–Crippen LogP) is 5.65. The molecule has 1 unspecified atom stereocenters. The maximum atomic E-state index is 4.31. The van der Waals surface area contributed by atoms with Crippen molar-refractivity contribution in [2.75, 3.05) is 17.8 Å². The number of hydrogen-bond donors (Lipinski definition) is 1. The molecule has 0 bridgehead atoms. The number of nitrogens with zero attached hydrogens (tertiary/aromatic N) is 4. The number of benzene rings is 2. The Kier molecular flexibility index (Phi) is 5.39. The van der Waals surface area contributed by atoms with Crippen LogP contribution in [0.1, 0.15) is 36.4 Å². The number of allylic oxidation sites excluding steroid dienone is 2. The first-order valence-electron chi connectivity index (χ1n) is 10.0. The Morgan fingerprint density at radius 2 is 1.67 bits per heavy atom. The molecule has 0 saturated carbocycles. The summed E-state index contributed by atoms with van der Waals surface area (Å²) in [6.07, 6.45) is 9.73. The van der Waals surface area contributed by atoms with Gasteiger partial charge in [0.15, 0.2) is 0 Å². The molecular formula is C23H23N5S2. The van der Waals surface area contributed by atoms with Gasteiger partial charge in [-0.05, 0) is 94.8 Å². The van der Waals surface area contributed by atoms with Gasteiger partial charge in [0.1, 0.15) is 6.04 Å². The number of hydrogen-bond acceptors (Lipinski definition) is 6. The summed E-state index contributed by atoms with van der Waals surface area (Å²) >= 11 is 3.52. The first-order chi connectivity index (χ1) is 14.8. The van der Waals surface area contributed by atoms with Crippen molar-refractivity contribution in [2.24, 2.45) is 0 Å². The number of anilines is 1. The molecule has 30 heavy (non-hydrogen) atoms. The normalized spacial score (nSPS) is 19.4. The number of rotatable bonds is 4. The molecule has 2 aromatic carbocycles. The van der Waals surface area contributed by atoms with Crippen molar-refractivity contribution in [1.82, 2.24) is 20.2 Å². The Labute approximate surface area is 185 Å². The van der Waals surface area contributed by atoms with Gasteiger partial charge in [0, 0.05) is 15.5 Å². The summed E-state index contributed by atoms with van der Waals surface area (Å²) in [5.41, 5.74) is 6.33. The smallest absolute Gasteiger partial charge is 0.248 e. The van der Waals surface area contributed by atoms with Gasteiger partial charge in [-0.15, -0.1) is 23.5 Å². The molecule has 3 aromatic rings. The third-order valence-electron chi connectivity index (χ3n) is 5.73. The second-order valence-electron chi connectivity index (χ2n) is 7.44. The number of fused-ring (bicyclic) bond motifs is 1. The quantitative estimate of drug-likeness (QED) is 0.536. The molecular weight excluding hydrogens is 410 g/mol. The maximum absolute atomic E-state index is 4.31. The van der Waals surface area contributed by atoms with Gasteiger partial charge in [-0.3, -0.25) is 0 Å². The van der Waals surface area contributed by atoms with Crippen molar-refractivity contribution in [3.8, 4) is 0 Å². The minimum absolute atomic E-state index is 0.0322. The largest absolute Gasteiger partial charge is 0.323 e. The molecule has 1 aliphatic carbocycles. The fourth-order valence-electron chi connectivity index (χ4n) is 4.24. The van der Waals surface area contributed by atoms with Crippen molar-refractivity contribution < 1.29 is 0 Å². The zero-order valence-corrected chi connectivity index (χ0v) is 18.6. The highest BCUT2D eigenvalue weighted by molar-refractivity contribution is 7.98. The lowest BCUT2D eigenvalue weighted by atomic mass is 9.83. The zero-order valence-electron chi connectivity index (χ0n) is 17.0. The maximum Gasteiger partial charge on any atom is 0.248 e. The predicted molar refractivity (Wildman–Crippen MR) is 125 cm³/mol. The van der Waals surface area contributed by atoms with Crippen LogP contribution in [0, 0.1) is 0 Å². The molecule has 0 saturated heterocycles. The van der Waals surface area contributed by atoms with E-state index in [9.17, 15) is 0 Å². The van der Waals surface area contributed by atoms with E-state index in [0.29, 0.717) is 5.95 Å². The summed E-state index contributed by atoms with van der Waals surface area (Å²) < 4.78 is 1.92. The number of nitrogens with one attached hydrogen (secondary N) is 1. The molecule has 0 amide bonds. The molecule has 5 rings (SSSR count). The van der Waals surface area contributed by atoms with Gasteiger partial charge in [0.25, 0.3) is 0 Å². The SMILES string of the molecule is CSc1ccc(/C=C2\CCCC3=C2Nc2nnnn2C3c2ccc(SC)cc2)cc1. The van der Waals surface area contributed by atoms with Crippen molar-refractivity contribution >= 4 is 35.5 Å². The highest BCUT2D eigenvalue weighted by Gasteiger charge is 2.33. The lowest BCUT2D eigenvalue weighted by molar-refractivity contribution is 0.524. The van der Waals surface area contributed by atoms with E-state index >= 15 is 0 Å².